The molecular formula is C13H9BrN4O. The number of fused-ring (bicyclic) bond motifs is 1. The number of hydrogen-bond acceptors (Lipinski definition) is 3. The number of rotatable bonds is 2. The average Bonchev–Trinajstić information content (AvgIpc) is 2.80. The second-order valence-corrected chi connectivity index (χ2v) is 4.72. The molecule has 6 heteroatoms. The molecule has 3 aromatic rings. The highest BCUT2D eigenvalue weighted by molar-refractivity contribution is 9.10. The molecule has 2 heterocycles. The Hall–Kier alpha value is -2.21. The molecule has 3 rings (SSSR count). The van der Waals surface area contributed by atoms with Crippen molar-refractivity contribution in [1.29, 1.82) is 0 Å². The molecule has 19 heavy (non-hydrogen) atoms. The van der Waals surface area contributed by atoms with Gasteiger partial charge in [0.25, 0.3) is 5.91 Å². The van der Waals surface area contributed by atoms with Gasteiger partial charge < -0.3 is 5.73 Å². The first kappa shape index (κ1) is 11.9. The van der Waals surface area contributed by atoms with Gasteiger partial charge in [0.1, 0.15) is 4.60 Å². The van der Waals surface area contributed by atoms with Crippen molar-refractivity contribution >= 4 is 32.7 Å². The molecule has 0 saturated carbocycles. The van der Waals surface area contributed by atoms with Crippen molar-refractivity contribution in [3.63, 3.8) is 0 Å². The molecule has 0 aliphatic rings. The Balaban J connectivity index is 2.28. The molecule has 0 aliphatic carbocycles. The molecule has 2 N–H and O–H groups in total. The number of carbonyl (C=O) groups excluding carboxylic acids is 1. The third kappa shape index (κ3) is 1.90. The van der Waals surface area contributed by atoms with Crippen LogP contribution in [0.15, 0.2) is 47.3 Å². The Morgan fingerprint density at radius 1 is 1.26 bits per heavy atom. The van der Waals surface area contributed by atoms with Gasteiger partial charge in [0, 0.05) is 11.6 Å². The SMILES string of the molecule is NC(=O)c1cnn(-c2cccc3ncccc23)c1Br. The van der Waals surface area contributed by atoms with Crippen LogP contribution in [0.2, 0.25) is 0 Å². The highest BCUT2D eigenvalue weighted by atomic mass is 79.9. The van der Waals surface area contributed by atoms with Crippen LogP contribution in [0.3, 0.4) is 0 Å². The molecule has 94 valence electrons. The van der Waals surface area contributed by atoms with Gasteiger partial charge >= 0.3 is 0 Å². The molecular weight excluding hydrogens is 308 g/mol. The van der Waals surface area contributed by atoms with Gasteiger partial charge in [0.2, 0.25) is 0 Å². The predicted octanol–water partition coefficient (Wildman–Crippen LogP) is 2.28. The first-order chi connectivity index (χ1) is 9.18. The third-order valence-corrected chi connectivity index (χ3v) is 3.59. The average molecular weight is 317 g/mol. The monoisotopic (exact) mass is 316 g/mol. The summed E-state index contributed by atoms with van der Waals surface area (Å²) in [4.78, 5) is 15.5. The summed E-state index contributed by atoms with van der Waals surface area (Å²) in [6, 6.07) is 9.54. The maximum Gasteiger partial charge on any atom is 0.253 e. The second-order valence-electron chi connectivity index (χ2n) is 3.97. The Bertz CT molecular complexity index is 776. The Morgan fingerprint density at radius 2 is 2.11 bits per heavy atom. The molecule has 0 unspecified atom stereocenters. The first-order valence-corrected chi connectivity index (χ1v) is 6.35. The lowest BCUT2D eigenvalue weighted by Gasteiger charge is -2.07. The Morgan fingerprint density at radius 3 is 2.84 bits per heavy atom. The van der Waals surface area contributed by atoms with Gasteiger partial charge in [-0.3, -0.25) is 9.78 Å². The van der Waals surface area contributed by atoms with Crippen molar-refractivity contribution in [1.82, 2.24) is 14.8 Å². The molecule has 0 radical (unpaired) electrons. The standard InChI is InChI=1S/C13H9BrN4O/c14-12-9(13(15)19)7-17-18(12)11-5-1-4-10-8(11)3-2-6-16-10/h1-7H,(H2,15,19). The van der Waals surface area contributed by atoms with Crippen molar-refractivity contribution in [2.24, 2.45) is 5.73 Å². The summed E-state index contributed by atoms with van der Waals surface area (Å²) >= 11 is 3.35. The highest BCUT2D eigenvalue weighted by Gasteiger charge is 2.15. The summed E-state index contributed by atoms with van der Waals surface area (Å²) in [5, 5.41) is 5.15. The normalized spacial score (nSPS) is 10.8. The minimum atomic E-state index is -0.517. The van der Waals surface area contributed by atoms with E-state index in [1.807, 2.05) is 30.3 Å². The van der Waals surface area contributed by atoms with E-state index in [0.717, 1.165) is 16.6 Å². The fourth-order valence-corrected chi connectivity index (χ4v) is 2.52. The number of aromatic nitrogens is 3. The number of halogens is 1. The van der Waals surface area contributed by atoms with E-state index in [1.54, 1.807) is 10.9 Å². The first-order valence-electron chi connectivity index (χ1n) is 5.56. The number of pyridine rings is 1. The molecule has 0 atom stereocenters. The van der Waals surface area contributed by atoms with Crippen LogP contribution in [0.1, 0.15) is 10.4 Å². The summed E-state index contributed by atoms with van der Waals surface area (Å²) in [7, 11) is 0. The van der Waals surface area contributed by atoms with E-state index < -0.39 is 5.91 Å². The maximum atomic E-state index is 11.3. The summed E-state index contributed by atoms with van der Waals surface area (Å²) in [6.07, 6.45) is 3.18. The lowest BCUT2D eigenvalue weighted by molar-refractivity contribution is 0.0999. The molecule has 5 nitrogen and oxygen atoms in total. The van der Waals surface area contributed by atoms with Gasteiger partial charge in [-0.2, -0.15) is 5.10 Å². The smallest absolute Gasteiger partial charge is 0.253 e. The summed E-state index contributed by atoms with van der Waals surface area (Å²) in [5.41, 5.74) is 7.33. The number of primary amides is 1. The number of nitrogens with zero attached hydrogens (tertiary/aromatic N) is 3. The van der Waals surface area contributed by atoms with Crippen molar-refractivity contribution in [3.8, 4) is 5.69 Å². The van der Waals surface area contributed by atoms with E-state index in [1.165, 1.54) is 6.20 Å². The zero-order valence-electron chi connectivity index (χ0n) is 9.75. The van der Waals surface area contributed by atoms with Crippen LogP contribution < -0.4 is 5.73 Å². The van der Waals surface area contributed by atoms with E-state index >= 15 is 0 Å². The second kappa shape index (κ2) is 4.47. The lowest BCUT2D eigenvalue weighted by atomic mass is 10.2. The molecule has 0 spiro atoms. The van der Waals surface area contributed by atoms with E-state index in [4.69, 9.17) is 5.73 Å². The maximum absolute atomic E-state index is 11.3. The quantitative estimate of drug-likeness (QED) is 0.788. The van der Waals surface area contributed by atoms with Crippen molar-refractivity contribution in [2.45, 2.75) is 0 Å². The van der Waals surface area contributed by atoms with Gasteiger partial charge in [-0.1, -0.05) is 6.07 Å². The van der Waals surface area contributed by atoms with Crippen molar-refractivity contribution in [3.05, 3.63) is 52.9 Å². The van der Waals surface area contributed by atoms with Gasteiger partial charge in [-0.05, 0) is 40.2 Å². The van der Waals surface area contributed by atoms with Crippen LogP contribution in [0.25, 0.3) is 16.6 Å². The number of amides is 1. The number of benzene rings is 1. The molecule has 1 aromatic carbocycles. The van der Waals surface area contributed by atoms with Gasteiger partial charge in [0.15, 0.2) is 0 Å². The Labute approximate surface area is 117 Å². The molecule has 0 aliphatic heterocycles. The fourth-order valence-electron chi connectivity index (χ4n) is 1.94. The van der Waals surface area contributed by atoms with Crippen LogP contribution in [0, 0.1) is 0 Å². The molecule has 0 fully saturated rings. The molecule has 0 bridgehead atoms. The Kier molecular flexibility index (Phi) is 2.79. The minimum Gasteiger partial charge on any atom is -0.365 e. The summed E-state index contributed by atoms with van der Waals surface area (Å²) in [5.74, 6) is -0.517. The zero-order chi connectivity index (χ0) is 13.4. The van der Waals surface area contributed by atoms with Crippen LogP contribution in [0.5, 0.6) is 0 Å². The topological polar surface area (TPSA) is 73.8 Å². The zero-order valence-corrected chi connectivity index (χ0v) is 11.3. The lowest BCUT2D eigenvalue weighted by Crippen LogP contribution is -2.11. The van der Waals surface area contributed by atoms with Gasteiger partial charge in [-0.25, -0.2) is 4.68 Å². The molecule has 0 saturated heterocycles. The van der Waals surface area contributed by atoms with Crippen LogP contribution in [-0.4, -0.2) is 20.7 Å². The molecule has 2 aromatic heterocycles. The van der Waals surface area contributed by atoms with Crippen LogP contribution >= 0.6 is 15.9 Å². The number of hydrogen-bond donors (Lipinski definition) is 1. The largest absolute Gasteiger partial charge is 0.365 e. The predicted molar refractivity (Wildman–Crippen MR) is 75.1 cm³/mol. The van der Waals surface area contributed by atoms with E-state index in [0.29, 0.717) is 10.2 Å². The van der Waals surface area contributed by atoms with Crippen molar-refractivity contribution < 1.29 is 4.79 Å². The van der Waals surface area contributed by atoms with Gasteiger partial charge in [-0.15, -0.1) is 0 Å². The summed E-state index contributed by atoms with van der Waals surface area (Å²) in [6.45, 7) is 0. The van der Waals surface area contributed by atoms with Crippen LogP contribution in [-0.2, 0) is 0 Å². The van der Waals surface area contributed by atoms with Gasteiger partial charge in [0.05, 0.1) is 23.0 Å². The fraction of sp³-hybridized carbons (Fsp3) is 0. The van der Waals surface area contributed by atoms with Crippen molar-refractivity contribution in [2.75, 3.05) is 0 Å². The minimum absolute atomic E-state index is 0.348. The van der Waals surface area contributed by atoms with E-state index in [-0.39, 0.29) is 0 Å². The highest BCUT2D eigenvalue weighted by Crippen LogP contribution is 2.25. The number of nitrogens with two attached hydrogens (primary N) is 1. The number of carbonyl (C=O) groups is 1. The van der Waals surface area contributed by atoms with Crippen LogP contribution in [0.4, 0.5) is 0 Å². The molecule has 1 amide bonds. The summed E-state index contributed by atoms with van der Waals surface area (Å²) < 4.78 is 2.17. The van der Waals surface area contributed by atoms with E-state index in [9.17, 15) is 4.79 Å². The third-order valence-electron chi connectivity index (χ3n) is 2.83. The van der Waals surface area contributed by atoms with E-state index in [2.05, 4.69) is 26.0 Å².